The topological polar surface area (TPSA) is 29.0 Å². The highest BCUT2D eigenvalue weighted by molar-refractivity contribution is 5.81. The first-order valence-corrected chi connectivity index (χ1v) is 7.13. The number of pyridine rings is 2. The maximum absolute atomic E-state index is 4.21. The van der Waals surface area contributed by atoms with Gasteiger partial charge in [0, 0.05) is 43.3 Å². The summed E-state index contributed by atoms with van der Waals surface area (Å²) in [6, 6.07) is 10.7. The molecule has 0 N–H and O–H groups in total. The number of nitrogens with zero attached hydrogens (tertiary/aromatic N) is 3. The van der Waals surface area contributed by atoms with Crippen molar-refractivity contribution in [1.29, 1.82) is 0 Å². The third-order valence-electron chi connectivity index (χ3n) is 3.75. The zero-order valence-corrected chi connectivity index (χ0v) is 12.5. The van der Waals surface area contributed by atoms with Gasteiger partial charge in [-0.05, 0) is 54.2 Å². The third kappa shape index (κ3) is 3.26. The summed E-state index contributed by atoms with van der Waals surface area (Å²) in [4.78, 5) is 10.7. The van der Waals surface area contributed by atoms with Crippen molar-refractivity contribution in [2.75, 3.05) is 7.05 Å². The lowest BCUT2D eigenvalue weighted by Gasteiger charge is -2.18. The van der Waals surface area contributed by atoms with E-state index in [4.69, 9.17) is 0 Å². The lowest BCUT2D eigenvalue weighted by Crippen LogP contribution is -2.18. The van der Waals surface area contributed by atoms with Crippen LogP contribution in [0, 0.1) is 6.92 Å². The van der Waals surface area contributed by atoms with Crippen molar-refractivity contribution in [3.05, 3.63) is 71.8 Å². The fraction of sp³-hybridized carbons (Fsp3) is 0.222. The minimum absolute atomic E-state index is 0.907. The largest absolute Gasteiger partial charge is 0.298 e. The molecule has 0 bridgehead atoms. The van der Waals surface area contributed by atoms with E-state index in [0.717, 1.165) is 13.1 Å². The standard InChI is InChI=1S/C18H19N3/c1-14-5-7-19-11-18(14)13-21(2)12-15-3-4-16-6-8-20-10-17(16)9-15/h3-11H,12-13H2,1-2H3. The van der Waals surface area contributed by atoms with Gasteiger partial charge in [0.05, 0.1) is 0 Å². The lowest BCUT2D eigenvalue weighted by molar-refractivity contribution is 0.318. The van der Waals surface area contributed by atoms with Crippen molar-refractivity contribution in [1.82, 2.24) is 14.9 Å². The monoisotopic (exact) mass is 277 g/mol. The smallest absolute Gasteiger partial charge is 0.0346 e. The van der Waals surface area contributed by atoms with Crippen LogP contribution in [0.2, 0.25) is 0 Å². The summed E-state index contributed by atoms with van der Waals surface area (Å²) in [5.74, 6) is 0. The van der Waals surface area contributed by atoms with Crippen LogP contribution < -0.4 is 0 Å². The second-order valence-corrected chi connectivity index (χ2v) is 5.53. The second kappa shape index (κ2) is 6.02. The van der Waals surface area contributed by atoms with E-state index >= 15 is 0 Å². The van der Waals surface area contributed by atoms with Crippen LogP contribution in [0.1, 0.15) is 16.7 Å². The maximum Gasteiger partial charge on any atom is 0.0346 e. The summed E-state index contributed by atoms with van der Waals surface area (Å²) >= 11 is 0. The number of hydrogen-bond donors (Lipinski definition) is 0. The van der Waals surface area contributed by atoms with E-state index in [1.807, 2.05) is 30.9 Å². The van der Waals surface area contributed by atoms with Crippen molar-refractivity contribution in [3.8, 4) is 0 Å². The minimum Gasteiger partial charge on any atom is -0.298 e. The molecule has 3 rings (SSSR count). The van der Waals surface area contributed by atoms with Gasteiger partial charge in [0.2, 0.25) is 0 Å². The molecule has 2 aromatic heterocycles. The molecule has 0 aliphatic rings. The van der Waals surface area contributed by atoms with Gasteiger partial charge < -0.3 is 0 Å². The molecule has 0 fully saturated rings. The van der Waals surface area contributed by atoms with Crippen LogP contribution in [0.3, 0.4) is 0 Å². The highest BCUT2D eigenvalue weighted by Crippen LogP contribution is 2.16. The molecule has 0 spiro atoms. The number of fused-ring (bicyclic) bond motifs is 1. The van der Waals surface area contributed by atoms with Crippen LogP contribution in [0.5, 0.6) is 0 Å². The molecule has 0 saturated carbocycles. The first-order valence-electron chi connectivity index (χ1n) is 7.13. The summed E-state index contributed by atoms with van der Waals surface area (Å²) < 4.78 is 0. The van der Waals surface area contributed by atoms with Crippen LogP contribution in [0.4, 0.5) is 0 Å². The Bertz CT molecular complexity index is 752. The van der Waals surface area contributed by atoms with E-state index in [0.29, 0.717) is 0 Å². The molecule has 21 heavy (non-hydrogen) atoms. The molecule has 0 aliphatic carbocycles. The van der Waals surface area contributed by atoms with Gasteiger partial charge in [0.25, 0.3) is 0 Å². The molecular weight excluding hydrogens is 258 g/mol. The zero-order valence-electron chi connectivity index (χ0n) is 12.5. The van der Waals surface area contributed by atoms with Gasteiger partial charge in [-0.25, -0.2) is 0 Å². The van der Waals surface area contributed by atoms with E-state index in [9.17, 15) is 0 Å². The third-order valence-corrected chi connectivity index (χ3v) is 3.75. The Labute approximate surface area is 125 Å². The summed E-state index contributed by atoms with van der Waals surface area (Å²) in [5, 5.41) is 2.43. The highest BCUT2D eigenvalue weighted by atomic mass is 15.1. The second-order valence-electron chi connectivity index (χ2n) is 5.53. The summed E-state index contributed by atoms with van der Waals surface area (Å²) in [7, 11) is 2.14. The number of hydrogen-bond acceptors (Lipinski definition) is 3. The van der Waals surface area contributed by atoms with Gasteiger partial charge in [-0.15, -0.1) is 0 Å². The van der Waals surface area contributed by atoms with Crippen LogP contribution >= 0.6 is 0 Å². The van der Waals surface area contributed by atoms with E-state index in [1.54, 1.807) is 0 Å². The Morgan fingerprint density at radius 2 is 1.71 bits per heavy atom. The van der Waals surface area contributed by atoms with Crippen molar-refractivity contribution in [3.63, 3.8) is 0 Å². The van der Waals surface area contributed by atoms with Crippen molar-refractivity contribution >= 4 is 10.8 Å². The van der Waals surface area contributed by atoms with E-state index in [-0.39, 0.29) is 0 Å². The van der Waals surface area contributed by atoms with Crippen LogP contribution in [0.25, 0.3) is 10.8 Å². The van der Waals surface area contributed by atoms with E-state index in [2.05, 4.69) is 53.1 Å². The SMILES string of the molecule is Cc1ccncc1CN(C)Cc1ccc2ccncc2c1. The first-order chi connectivity index (χ1) is 10.2. The number of benzene rings is 1. The average molecular weight is 277 g/mol. The Morgan fingerprint density at radius 1 is 0.905 bits per heavy atom. The fourth-order valence-corrected chi connectivity index (χ4v) is 2.55. The quantitative estimate of drug-likeness (QED) is 0.730. The normalized spacial score (nSPS) is 11.2. The predicted molar refractivity (Wildman–Crippen MR) is 85.9 cm³/mol. The van der Waals surface area contributed by atoms with Crippen LogP contribution in [0.15, 0.2) is 55.1 Å². The predicted octanol–water partition coefficient (Wildman–Crippen LogP) is 3.57. The lowest BCUT2D eigenvalue weighted by atomic mass is 10.1. The molecule has 0 atom stereocenters. The van der Waals surface area contributed by atoms with Crippen molar-refractivity contribution < 1.29 is 0 Å². The molecule has 3 nitrogen and oxygen atoms in total. The van der Waals surface area contributed by atoms with Crippen molar-refractivity contribution in [2.45, 2.75) is 20.0 Å². The first kappa shape index (κ1) is 13.7. The van der Waals surface area contributed by atoms with E-state index < -0.39 is 0 Å². The molecule has 3 aromatic rings. The zero-order chi connectivity index (χ0) is 14.7. The summed E-state index contributed by atoms with van der Waals surface area (Å²) in [5.41, 5.74) is 3.88. The van der Waals surface area contributed by atoms with Gasteiger partial charge in [-0.3, -0.25) is 14.9 Å². The van der Waals surface area contributed by atoms with Crippen LogP contribution in [-0.2, 0) is 13.1 Å². The molecule has 0 unspecified atom stereocenters. The van der Waals surface area contributed by atoms with Gasteiger partial charge in [-0.2, -0.15) is 0 Å². The number of rotatable bonds is 4. The molecule has 0 amide bonds. The van der Waals surface area contributed by atoms with Gasteiger partial charge in [0.1, 0.15) is 0 Å². The molecule has 0 aliphatic heterocycles. The maximum atomic E-state index is 4.21. The molecule has 3 heteroatoms. The Kier molecular flexibility index (Phi) is 3.93. The highest BCUT2D eigenvalue weighted by Gasteiger charge is 2.05. The summed E-state index contributed by atoms with van der Waals surface area (Å²) in [6.07, 6.45) is 7.55. The van der Waals surface area contributed by atoms with Gasteiger partial charge in [0.15, 0.2) is 0 Å². The Hall–Kier alpha value is -2.26. The molecular formula is C18H19N3. The summed E-state index contributed by atoms with van der Waals surface area (Å²) in [6.45, 7) is 3.95. The number of aromatic nitrogens is 2. The minimum atomic E-state index is 0.907. The van der Waals surface area contributed by atoms with Gasteiger partial charge >= 0.3 is 0 Å². The Balaban J connectivity index is 1.74. The van der Waals surface area contributed by atoms with E-state index in [1.165, 1.54) is 27.5 Å². The number of aryl methyl sites for hydroxylation is 1. The molecule has 106 valence electrons. The Morgan fingerprint density at radius 3 is 2.57 bits per heavy atom. The molecule has 0 radical (unpaired) electrons. The van der Waals surface area contributed by atoms with Gasteiger partial charge in [-0.1, -0.05) is 12.1 Å². The van der Waals surface area contributed by atoms with Crippen LogP contribution in [-0.4, -0.2) is 21.9 Å². The molecule has 1 aromatic carbocycles. The average Bonchev–Trinajstić information content (AvgIpc) is 2.49. The van der Waals surface area contributed by atoms with Crippen molar-refractivity contribution in [2.24, 2.45) is 0 Å². The fourth-order valence-electron chi connectivity index (χ4n) is 2.55. The molecule has 2 heterocycles. The molecule has 0 saturated heterocycles.